The summed E-state index contributed by atoms with van der Waals surface area (Å²) in [7, 11) is 0. The topological polar surface area (TPSA) is 47.5 Å². The first-order valence-corrected chi connectivity index (χ1v) is 11.1. The zero-order valence-corrected chi connectivity index (χ0v) is 17.2. The largest absolute Gasteiger partial charge is 0.356 e. The highest BCUT2D eigenvalue weighted by Gasteiger charge is 2.26. The van der Waals surface area contributed by atoms with Gasteiger partial charge in [0, 0.05) is 56.6 Å². The van der Waals surface area contributed by atoms with Crippen molar-refractivity contribution in [1.29, 1.82) is 0 Å². The predicted octanol–water partition coefficient (Wildman–Crippen LogP) is 2.43. The predicted molar refractivity (Wildman–Crippen MR) is 112 cm³/mol. The third-order valence-corrected chi connectivity index (χ3v) is 6.58. The molecule has 1 N–H and O–H groups in total. The number of likely N-dealkylation sites (N-methyl/N-ethyl adjacent to an activating group) is 1. The van der Waals surface area contributed by atoms with Gasteiger partial charge >= 0.3 is 0 Å². The van der Waals surface area contributed by atoms with Crippen LogP contribution in [0.2, 0.25) is 0 Å². The lowest BCUT2D eigenvalue weighted by atomic mass is 10.0. The van der Waals surface area contributed by atoms with Gasteiger partial charge in [-0.05, 0) is 58.5 Å². The molecule has 4 heterocycles. The van der Waals surface area contributed by atoms with Crippen molar-refractivity contribution in [3.63, 3.8) is 0 Å². The number of nitrogens with one attached hydrogen (secondary N) is 1. The van der Waals surface area contributed by atoms with E-state index in [-0.39, 0.29) is 0 Å². The molecule has 3 fully saturated rings. The summed E-state index contributed by atoms with van der Waals surface area (Å²) in [5.41, 5.74) is 1.09. The maximum Gasteiger partial charge on any atom is 0.227 e. The first kappa shape index (κ1) is 18.9. The van der Waals surface area contributed by atoms with E-state index in [0.29, 0.717) is 6.04 Å². The molecule has 150 valence electrons. The molecule has 6 nitrogen and oxygen atoms in total. The third kappa shape index (κ3) is 4.54. The monoisotopic (exact) mass is 372 g/mol. The molecule has 0 aliphatic carbocycles. The molecule has 27 heavy (non-hydrogen) atoms. The van der Waals surface area contributed by atoms with Crippen molar-refractivity contribution in [2.75, 3.05) is 55.6 Å². The molecule has 4 rings (SSSR count). The standard InChI is InChI=1S/C21H36N6/c1-3-25-12-6-7-19(25)16-22-18-8-13-26(14-9-18)20-15-17(2)23-21(24-20)27-10-4-5-11-27/h15,18-19,22H,3-14,16H2,1-2H3/t19-/m0/s1. The third-order valence-electron chi connectivity index (χ3n) is 6.58. The van der Waals surface area contributed by atoms with Crippen LogP contribution in [-0.2, 0) is 0 Å². The molecule has 0 unspecified atom stereocenters. The number of aromatic nitrogens is 2. The summed E-state index contributed by atoms with van der Waals surface area (Å²) in [5, 5.41) is 3.86. The van der Waals surface area contributed by atoms with E-state index in [0.717, 1.165) is 56.2 Å². The van der Waals surface area contributed by atoms with Crippen LogP contribution in [0, 0.1) is 6.92 Å². The minimum absolute atomic E-state index is 0.654. The fourth-order valence-corrected chi connectivity index (χ4v) is 4.92. The minimum atomic E-state index is 0.654. The lowest BCUT2D eigenvalue weighted by molar-refractivity contribution is 0.248. The number of anilines is 2. The molecule has 1 atom stereocenters. The van der Waals surface area contributed by atoms with Crippen LogP contribution in [0.3, 0.4) is 0 Å². The molecule has 3 aliphatic rings. The van der Waals surface area contributed by atoms with Gasteiger partial charge in [-0.3, -0.25) is 4.90 Å². The van der Waals surface area contributed by atoms with Crippen molar-refractivity contribution in [2.45, 2.75) is 64.5 Å². The summed E-state index contributed by atoms with van der Waals surface area (Å²) in [5.74, 6) is 2.06. The van der Waals surface area contributed by atoms with Crippen LogP contribution in [0.15, 0.2) is 6.07 Å². The molecule has 3 aliphatic heterocycles. The number of rotatable bonds is 6. The molecule has 0 spiro atoms. The molecular weight excluding hydrogens is 336 g/mol. The van der Waals surface area contributed by atoms with E-state index in [4.69, 9.17) is 4.98 Å². The first-order valence-electron chi connectivity index (χ1n) is 11.1. The van der Waals surface area contributed by atoms with E-state index in [9.17, 15) is 0 Å². The van der Waals surface area contributed by atoms with E-state index >= 15 is 0 Å². The highest BCUT2D eigenvalue weighted by molar-refractivity contribution is 5.46. The van der Waals surface area contributed by atoms with Gasteiger partial charge < -0.3 is 15.1 Å². The number of hydrogen-bond donors (Lipinski definition) is 1. The zero-order valence-electron chi connectivity index (χ0n) is 17.2. The Morgan fingerprint density at radius 3 is 2.48 bits per heavy atom. The quantitative estimate of drug-likeness (QED) is 0.828. The zero-order chi connectivity index (χ0) is 18.6. The van der Waals surface area contributed by atoms with Crippen LogP contribution in [0.1, 0.15) is 51.1 Å². The maximum absolute atomic E-state index is 4.91. The van der Waals surface area contributed by atoms with Crippen molar-refractivity contribution >= 4 is 11.8 Å². The second-order valence-corrected chi connectivity index (χ2v) is 8.46. The molecule has 0 aromatic carbocycles. The molecule has 1 aromatic heterocycles. The summed E-state index contributed by atoms with van der Waals surface area (Å²) in [6, 6.07) is 3.56. The van der Waals surface area contributed by atoms with E-state index < -0.39 is 0 Å². The van der Waals surface area contributed by atoms with Gasteiger partial charge in [0.15, 0.2) is 0 Å². The Labute approximate surface area is 164 Å². The Morgan fingerprint density at radius 1 is 0.963 bits per heavy atom. The number of nitrogens with zero attached hydrogens (tertiary/aromatic N) is 5. The van der Waals surface area contributed by atoms with Crippen LogP contribution in [-0.4, -0.2) is 72.8 Å². The molecule has 0 saturated carbocycles. The number of hydrogen-bond acceptors (Lipinski definition) is 6. The molecule has 6 heteroatoms. The van der Waals surface area contributed by atoms with E-state index in [1.165, 1.54) is 51.6 Å². The summed E-state index contributed by atoms with van der Waals surface area (Å²) >= 11 is 0. The summed E-state index contributed by atoms with van der Waals surface area (Å²) in [4.78, 5) is 17.0. The van der Waals surface area contributed by atoms with Gasteiger partial charge in [-0.15, -0.1) is 0 Å². The van der Waals surface area contributed by atoms with Crippen molar-refractivity contribution in [2.24, 2.45) is 0 Å². The van der Waals surface area contributed by atoms with Crippen LogP contribution < -0.4 is 15.1 Å². The van der Waals surface area contributed by atoms with E-state index in [1.54, 1.807) is 0 Å². The smallest absolute Gasteiger partial charge is 0.227 e. The second kappa shape index (κ2) is 8.74. The van der Waals surface area contributed by atoms with Crippen molar-refractivity contribution in [3.05, 3.63) is 11.8 Å². The van der Waals surface area contributed by atoms with Crippen LogP contribution >= 0.6 is 0 Å². The van der Waals surface area contributed by atoms with Gasteiger partial charge in [0.05, 0.1) is 0 Å². The Kier molecular flexibility index (Phi) is 6.13. The van der Waals surface area contributed by atoms with Crippen molar-refractivity contribution in [3.8, 4) is 0 Å². The van der Waals surface area contributed by atoms with Crippen LogP contribution in [0.25, 0.3) is 0 Å². The van der Waals surface area contributed by atoms with Gasteiger partial charge in [0.1, 0.15) is 5.82 Å². The van der Waals surface area contributed by atoms with Crippen molar-refractivity contribution < 1.29 is 0 Å². The van der Waals surface area contributed by atoms with Gasteiger partial charge in [-0.25, -0.2) is 4.98 Å². The van der Waals surface area contributed by atoms with Gasteiger partial charge in [-0.2, -0.15) is 4.98 Å². The normalized spacial score (nSPS) is 24.9. The highest BCUT2D eigenvalue weighted by atomic mass is 15.3. The van der Waals surface area contributed by atoms with E-state index in [2.05, 4.69) is 44.9 Å². The molecule has 0 radical (unpaired) electrons. The summed E-state index contributed by atoms with van der Waals surface area (Å²) in [6.07, 6.45) is 7.67. The average molecular weight is 373 g/mol. The maximum atomic E-state index is 4.91. The summed E-state index contributed by atoms with van der Waals surface area (Å²) in [6.45, 7) is 12.4. The Morgan fingerprint density at radius 2 is 1.74 bits per heavy atom. The summed E-state index contributed by atoms with van der Waals surface area (Å²) < 4.78 is 0. The van der Waals surface area contributed by atoms with Gasteiger partial charge in [-0.1, -0.05) is 6.92 Å². The molecule has 0 bridgehead atoms. The lowest BCUT2D eigenvalue weighted by Crippen LogP contribution is -2.47. The van der Waals surface area contributed by atoms with Crippen LogP contribution in [0.5, 0.6) is 0 Å². The fourth-order valence-electron chi connectivity index (χ4n) is 4.92. The number of likely N-dealkylation sites (tertiary alicyclic amines) is 1. The van der Waals surface area contributed by atoms with Gasteiger partial charge in [0.25, 0.3) is 0 Å². The van der Waals surface area contributed by atoms with E-state index in [1.807, 2.05) is 0 Å². The van der Waals surface area contributed by atoms with Crippen LogP contribution in [0.4, 0.5) is 11.8 Å². The number of aryl methyl sites for hydroxylation is 1. The SMILES string of the molecule is CCN1CCC[C@H]1CNC1CCN(c2cc(C)nc(N3CCCC3)n2)CC1. The highest BCUT2D eigenvalue weighted by Crippen LogP contribution is 2.24. The van der Waals surface area contributed by atoms with Gasteiger partial charge in [0.2, 0.25) is 5.95 Å². The van der Waals surface area contributed by atoms with Crippen molar-refractivity contribution in [1.82, 2.24) is 20.2 Å². The molecular formula is C21H36N6. The fraction of sp³-hybridized carbons (Fsp3) is 0.810. The average Bonchev–Trinajstić information content (AvgIpc) is 3.38. The number of piperidine rings is 1. The Hall–Kier alpha value is -1.40. The Balaban J connectivity index is 1.30. The Bertz CT molecular complexity index is 607. The molecule has 0 amide bonds. The minimum Gasteiger partial charge on any atom is -0.356 e. The first-order chi connectivity index (χ1) is 13.2. The lowest BCUT2D eigenvalue weighted by Gasteiger charge is -2.35. The second-order valence-electron chi connectivity index (χ2n) is 8.46. The molecule has 3 saturated heterocycles. The molecule has 1 aromatic rings.